The highest BCUT2D eigenvalue weighted by molar-refractivity contribution is 5.92. The number of ether oxygens (including phenoxy) is 2. The number of esters is 1. The van der Waals surface area contributed by atoms with Crippen molar-refractivity contribution in [2.75, 3.05) is 49.5 Å². The molecule has 2 aromatic rings. The number of aryl methyl sites for hydroxylation is 1. The van der Waals surface area contributed by atoms with Gasteiger partial charge in [0, 0.05) is 40.0 Å². The Labute approximate surface area is 215 Å². The van der Waals surface area contributed by atoms with Crippen molar-refractivity contribution in [2.45, 2.75) is 47.5 Å². The fourth-order valence-electron chi connectivity index (χ4n) is 4.35. The van der Waals surface area contributed by atoms with Crippen LogP contribution in [0.2, 0.25) is 0 Å². The van der Waals surface area contributed by atoms with Crippen LogP contribution < -0.4 is 19.7 Å². The van der Waals surface area contributed by atoms with Crippen LogP contribution in [-0.2, 0) is 9.59 Å². The van der Waals surface area contributed by atoms with Crippen LogP contribution in [0.15, 0.2) is 30.3 Å². The van der Waals surface area contributed by atoms with Crippen molar-refractivity contribution >= 4 is 35.7 Å². The van der Waals surface area contributed by atoms with Gasteiger partial charge in [-0.1, -0.05) is 12.1 Å². The lowest BCUT2D eigenvalue weighted by Crippen LogP contribution is -2.46. The van der Waals surface area contributed by atoms with Crippen LogP contribution in [0.3, 0.4) is 0 Å². The maximum Gasteiger partial charge on any atom is 0.308 e. The third kappa shape index (κ3) is 7.87. The van der Waals surface area contributed by atoms with E-state index in [4.69, 9.17) is 9.47 Å². The highest BCUT2D eigenvalue weighted by Gasteiger charge is 2.19. The first-order valence-electron chi connectivity index (χ1n) is 12.0. The zero-order valence-electron chi connectivity index (χ0n) is 21.5. The van der Waals surface area contributed by atoms with Gasteiger partial charge < -0.3 is 19.7 Å². The van der Waals surface area contributed by atoms with Crippen molar-refractivity contribution in [3.63, 3.8) is 0 Å². The number of nitrogens with one attached hydrogen (secondary N) is 1. The Bertz CT molecular complexity index is 1020. The lowest BCUT2D eigenvalue weighted by atomic mass is 10.0. The first-order chi connectivity index (χ1) is 16.3. The molecule has 0 radical (unpaired) electrons. The van der Waals surface area contributed by atoms with Gasteiger partial charge in [-0.25, -0.2) is 0 Å². The monoisotopic (exact) mass is 503 g/mol. The number of nitrogens with zero attached hydrogens (tertiary/aromatic N) is 2. The summed E-state index contributed by atoms with van der Waals surface area (Å²) in [5.41, 5.74) is 4.83. The summed E-state index contributed by atoms with van der Waals surface area (Å²) < 4.78 is 11.4. The van der Waals surface area contributed by atoms with Gasteiger partial charge in [0.15, 0.2) is 0 Å². The number of carbonyl (C=O) groups is 2. The Morgan fingerprint density at radius 1 is 0.971 bits per heavy atom. The summed E-state index contributed by atoms with van der Waals surface area (Å²) in [6.45, 7) is 14.5. The van der Waals surface area contributed by atoms with Crippen molar-refractivity contribution in [3.05, 3.63) is 47.0 Å². The molecule has 0 aromatic heterocycles. The maximum absolute atomic E-state index is 11.5. The fourth-order valence-corrected chi connectivity index (χ4v) is 4.35. The number of unbranched alkanes of at least 4 members (excludes halogenated alkanes) is 1. The molecule has 192 valence electrons. The summed E-state index contributed by atoms with van der Waals surface area (Å²) in [5.74, 6) is 1.14. The number of hydrogen-bond donors (Lipinski definition) is 1. The molecular formula is C27H38ClN3O4. The summed E-state index contributed by atoms with van der Waals surface area (Å²) in [5, 5.41) is 2.94. The van der Waals surface area contributed by atoms with E-state index >= 15 is 0 Å². The first kappa shape index (κ1) is 28.5. The Morgan fingerprint density at radius 3 is 2.31 bits per heavy atom. The van der Waals surface area contributed by atoms with Crippen molar-refractivity contribution in [1.82, 2.24) is 4.90 Å². The number of anilines is 2. The van der Waals surface area contributed by atoms with E-state index in [-0.39, 0.29) is 24.3 Å². The number of benzene rings is 2. The molecule has 1 aliphatic heterocycles. The summed E-state index contributed by atoms with van der Waals surface area (Å²) in [6, 6.07) is 9.95. The highest BCUT2D eigenvalue weighted by atomic mass is 35.5. The second kappa shape index (κ2) is 13.4. The van der Waals surface area contributed by atoms with Crippen LogP contribution in [0, 0.1) is 20.8 Å². The molecule has 1 heterocycles. The van der Waals surface area contributed by atoms with Crippen LogP contribution in [-0.4, -0.2) is 56.1 Å². The Hall–Kier alpha value is -2.77. The molecule has 1 fully saturated rings. The van der Waals surface area contributed by atoms with Gasteiger partial charge in [-0.3, -0.25) is 14.5 Å². The highest BCUT2D eigenvalue weighted by Crippen LogP contribution is 2.33. The van der Waals surface area contributed by atoms with Crippen molar-refractivity contribution in [2.24, 2.45) is 0 Å². The number of para-hydroxylation sites is 2. The molecule has 35 heavy (non-hydrogen) atoms. The van der Waals surface area contributed by atoms with E-state index in [9.17, 15) is 9.59 Å². The molecule has 0 saturated carbocycles. The van der Waals surface area contributed by atoms with Crippen molar-refractivity contribution < 1.29 is 19.1 Å². The van der Waals surface area contributed by atoms with Crippen LogP contribution in [0.1, 0.15) is 43.4 Å². The van der Waals surface area contributed by atoms with Gasteiger partial charge in [0.1, 0.15) is 11.5 Å². The van der Waals surface area contributed by atoms with E-state index in [1.165, 1.54) is 6.92 Å². The second-order valence-corrected chi connectivity index (χ2v) is 8.95. The van der Waals surface area contributed by atoms with E-state index in [1.807, 2.05) is 45.0 Å². The van der Waals surface area contributed by atoms with Crippen LogP contribution >= 0.6 is 12.4 Å². The molecule has 1 aliphatic rings. The number of rotatable bonds is 9. The molecule has 3 rings (SSSR count). The molecule has 0 unspecified atom stereocenters. The molecule has 0 aliphatic carbocycles. The average molecular weight is 504 g/mol. The molecule has 0 atom stereocenters. The van der Waals surface area contributed by atoms with Gasteiger partial charge in [-0.15, -0.1) is 12.4 Å². The van der Waals surface area contributed by atoms with Gasteiger partial charge in [0.2, 0.25) is 5.91 Å². The van der Waals surface area contributed by atoms with Gasteiger partial charge in [0.25, 0.3) is 0 Å². The van der Waals surface area contributed by atoms with Crippen LogP contribution in [0.25, 0.3) is 0 Å². The Balaban J connectivity index is 0.00000432. The molecule has 2 aromatic carbocycles. The van der Waals surface area contributed by atoms with Crippen molar-refractivity contribution in [1.29, 1.82) is 0 Å². The Morgan fingerprint density at radius 2 is 1.66 bits per heavy atom. The zero-order valence-corrected chi connectivity index (χ0v) is 22.3. The van der Waals surface area contributed by atoms with Crippen LogP contribution in [0.5, 0.6) is 11.5 Å². The lowest BCUT2D eigenvalue weighted by Gasteiger charge is -2.37. The minimum Gasteiger partial charge on any atom is -0.493 e. The number of hydrogen-bond acceptors (Lipinski definition) is 6. The zero-order chi connectivity index (χ0) is 24.7. The van der Waals surface area contributed by atoms with E-state index in [0.29, 0.717) is 12.4 Å². The molecule has 1 amide bonds. The standard InChI is InChI=1S/C27H37N3O4.ClH/c1-19-18-26(20(2)21(3)27(19)34-23(5)32)33-17-9-8-12-29-13-15-30(16-14-29)25-11-7-6-10-24(25)28-22(4)31;/h6-7,10-11,18H,8-9,12-17H2,1-5H3,(H,28,31);1H. The quantitative estimate of drug-likeness (QED) is 0.298. The van der Waals surface area contributed by atoms with Gasteiger partial charge in [0.05, 0.1) is 18.0 Å². The minimum absolute atomic E-state index is 0. The predicted octanol–water partition coefficient (Wildman–Crippen LogP) is 4.90. The number of halogens is 1. The normalized spacial score (nSPS) is 13.7. The summed E-state index contributed by atoms with van der Waals surface area (Å²) in [6.07, 6.45) is 2.06. The van der Waals surface area contributed by atoms with Gasteiger partial charge in [-0.05, 0) is 75.0 Å². The van der Waals surface area contributed by atoms with Gasteiger partial charge >= 0.3 is 5.97 Å². The second-order valence-electron chi connectivity index (χ2n) is 8.95. The van der Waals surface area contributed by atoms with Gasteiger partial charge in [-0.2, -0.15) is 0 Å². The lowest BCUT2D eigenvalue weighted by molar-refractivity contribution is -0.132. The average Bonchev–Trinajstić information content (AvgIpc) is 2.80. The molecule has 7 nitrogen and oxygen atoms in total. The largest absolute Gasteiger partial charge is 0.493 e. The van der Waals surface area contributed by atoms with E-state index in [2.05, 4.69) is 21.2 Å². The number of piperazine rings is 1. The molecule has 0 bridgehead atoms. The van der Waals surface area contributed by atoms with E-state index < -0.39 is 0 Å². The molecule has 8 heteroatoms. The van der Waals surface area contributed by atoms with Crippen LogP contribution in [0.4, 0.5) is 11.4 Å². The fraction of sp³-hybridized carbons (Fsp3) is 0.481. The molecule has 1 N–H and O–H groups in total. The first-order valence-corrected chi connectivity index (χ1v) is 12.0. The number of amides is 1. The molecule has 1 saturated heterocycles. The smallest absolute Gasteiger partial charge is 0.308 e. The topological polar surface area (TPSA) is 71.1 Å². The molecular weight excluding hydrogens is 466 g/mol. The van der Waals surface area contributed by atoms with E-state index in [1.54, 1.807) is 6.92 Å². The van der Waals surface area contributed by atoms with Crippen molar-refractivity contribution in [3.8, 4) is 11.5 Å². The third-order valence-corrected chi connectivity index (χ3v) is 6.28. The van der Waals surface area contributed by atoms with E-state index in [0.717, 1.165) is 79.4 Å². The maximum atomic E-state index is 11.5. The SMILES string of the molecule is CC(=O)Nc1ccccc1N1CCN(CCCCOc2cc(C)c(OC(C)=O)c(C)c2C)CC1.Cl. The predicted molar refractivity (Wildman–Crippen MR) is 143 cm³/mol. The number of carbonyl (C=O) groups excluding carboxylic acids is 2. The molecule has 0 spiro atoms. The summed E-state index contributed by atoms with van der Waals surface area (Å²) >= 11 is 0. The summed E-state index contributed by atoms with van der Waals surface area (Å²) in [7, 11) is 0. The minimum atomic E-state index is -0.308. The third-order valence-electron chi connectivity index (χ3n) is 6.28. The Kier molecular flexibility index (Phi) is 10.9. The summed E-state index contributed by atoms with van der Waals surface area (Å²) in [4.78, 5) is 27.7.